The van der Waals surface area contributed by atoms with Gasteiger partial charge in [0.2, 0.25) is 0 Å². The summed E-state index contributed by atoms with van der Waals surface area (Å²) in [7, 11) is 3.60. The highest BCUT2D eigenvalue weighted by Crippen LogP contribution is 2.29. The van der Waals surface area contributed by atoms with Crippen molar-refractivity contribution >= 4 is 28.2 Å². The van der Waals surface area contributed by atoms with Crippen LogP contribution in [0.1, 0.15) is 42.5 Å². The van der Waals surface area contributed by atoms with Crippen LogP contribution in [-0.4, -0.2) is 23.6 Å². The first-order chi connectivity index (χ1) is 14.5. The maximum Gasteiger partial charge on any atom is 0.256 e. The van der Waals surface area contributed by atoms with Crippen molar-refractivity contribution in [2.75, 3.05) is 17.3 Å². The van der Waals surface area contributed by atoms with E-state index in [-0.39, 0.29) is 16.9 Å². The van der Waals surface area contributed by atoms with Crippen LogP contribution in [0, 0.1) is 5.82 Å². The van der Waals surface area contributed by atoms with Crippen molar-refractivity contribution in [1.29, 1.82) is 0 Å². The fourth-order valence-electron chi connectivity index (χ4n) is 4.33. The number of para-hydroxylation sites is 1. The Labute approximate surface area is 175 Å². The molecule has 30 heavy (non-hydrogen) atoms. The van der Waals surface area contributed by atoms with Crippen molar-refractivity contribution in [2.24, 2.45) is 7.05 Å². The van der Waals surface area contributed by atoms with Crippen LogP contribution < -0.4 is 15.8 Å². The second kappa shape index (κ2) is 8.30. The highest BCUT2D eigenvalue weighted by atomic mass is 19.1. The highest BCUT2D eigenvalue weighted by molar-refractivity contribution is 6.12. The molecule has 4 rings (SSSR count). The minimum atomic E-state index is -0.434. The summed E-state index contributed by atoms with van der Waals surface area (Å²) < 4.78 is 16.3. The molecule has 3 aromatic rings. The van der Waals surface area contributed by atoms with Crippen molar-refractivity contribution in [3.8, 4) is 0 Å². The van der Waals surface area contributed by atoms with Crippen LogP contribution in [0.5, 0.6) is 0 Å². The van der Waals surface area contributed by atoms with E-state index in [1.165, 1.54) is 36.0 Å². The minimum Gasteiger partial charge on any atom is -0.369 e. The van der Waals surface area contributed by atoms with Crippen LogP contribution in [0.2, 0.25) is 0 Å². The maximum atomic E-state index is 14.8. The molecule has 1 aliphatic carbocycles. The molecule has 0 bridgehead atoms. The van der Waals surface area contributed by atoms with Gasteiger partial charge in [-0.1, -0.05) is 37.5 Å². The van der Waals surface area contributed by atoms with Crippen molar-refractivity contribution in [1.82, 2.24) is 4.57 Å². The smallest absolute Gasteiger partial charge is 0.256 e. The molecule has 6 heteroatoms. The fraction of sp³-hybridized carbons (Fsp3) is 0.333. The third kappa shape index (κ3) is 3.82. The molecular weight excluding hydrogens is 381 g/mol. The first-order valence-electron chi connectivity index (χ1n) is 10.4. The molecule has 0 spiro atoms. The molecule has 0 unspecified atom stereocenters. The molecule has 1 heterocycles. The van der Waals surface area contributed by atoms with E-state index in [0.29, 0.717) is 28.3 Å². The van der Waals surface area contributed by atoms with Gasteiger partial charge in [0.25, 0.3) is 11.5 Å². The van der Waals surface area contributed by atoms with E-state index in [9.17, 15) is 14.0 Å². The first-order valence-corrected chi connectivity index (χ1v) is 10.4. The summed E-state index contributed by atoms with van der Waals surface area (Å²) in [5.74, 6) is -0.800. The van der Waals surface area contributed by atoms with Crippen molar-refractivity contribution < 1.29 is 9.18 Å². The number of carbonyl (C=O) groups is 1. The number of amides is 1. The number of carbonyl (C=O) groups excluding carboxylic acids is 1. The number of nitrogens with zero attached hydrogens (tertiary/aromatic N) is 2. The predicted octanol–water partition coefficient (Wildman–Crippen LogP) is 4.70. The Morgan fingerprint density at radius 1 is 1.10 bits per heavy atom. The van der Waals surface area contributed by atoms with Gasteiger partial charge < -0.3 is 14.8 Å². The van der Waals surface area contributed by atoms with Gasteiger partial charge in [-0.15, -0.1) is 0 Å². The van der Waals surface area contributed by atoms with Gasteiger partial charge in [-0.3, -0.25) is 9.59 Å². The van der Waals surface area contributed by atoms with E-state index >= 15 is 0 Å². The average Bonchev–Trinajstić information content (AvgIpc) is 2.76. The Balaban J connectivity index is 1.59. The molecule has 5 nitrogen and oxygen atoms in total. The summed E-state index contributed by atoms with van der Waals surface area (Å²) >= 11 is 0. The van der Waals surface area contributed by atoms with E-state index in [2.05, 4.69) is 5.32 Å². The number of halogens is 1. The normalized spacial score (nSPS) is 14.6. The van der Waals surface area contributed by atoms with Gasteiger partial charge in [0.05, 0.1) is 16.8 Å². The standard InChI is InChI=1S/C24H26FN3O2/c1-27(17-8-4-3-5-9-17)22-13-12-16(14-20(22)25)26-24(30)19-15-23(29)28(2)21-11-7-6-10-18(19)21/h6-7,10-15,17H,3-5,8-9H2,1-2H3,(H,26,30). The lowest BCUT2D eigenvalue weighted by Crippen LogP contribution is -2.33. The Bertz CT molecular complexity index is 1150. The van der Waals surface area contributed by atoms with E-state index in [1.807, 2.05) is 24.1 Å². The molecule has 1 saturated carbocycles. The van der Waals surface area contributed by atoms with Gasteiger partial charge in [0.15, 0.2) is 0 Å². The molecular formula is C24H26FN3O2. The van der Waals surface area contributed by atoms with Crippen molar-refractivity contribution in [3.63, 3.8) is 0 Å². The molecule has 1 N–H and O–H groups in total. The SMILES string of the molecule is CN(c1ccc(NC(=O)c2cc(=O)n(C)c3ccccc23)cc1F)C1CCCCC1. The summed E-state index contributed by atoms with van der Waals surface area (Å²) in [4.78, 5) is 27.1. The summed E-state index contributed by atoms with van der Waals surface area (Å²) in [6.45, 7) is 0. The highest BCUT2D eigenvalue weighted by Gasteiger charge is 2.21. The lowest BCUT2D eigenvalue weighted by Gasteiger charge is -2.33. The maximum absolute atomic E-state index is 14.8. The van der Waals surface area contributed by atoms with Crippen molar-refractivity contribution in [3.05, 3.63) is 70.3 Å². The number of anilines is 2. The second-order valence-electron chi connectivity index (χ2n) is 8.00. The molecule has 0 radical (unpaired) electrons. The number of fused-ring (bicyclic) bond motifs is 1. The number of hydrogen-bond acceptors (Lipinski definition) is 3. The molecule has 1 fully saturated rings. The van der Waals surface area contributed by atoms with E-state index < -0.39 is 5.91 Å². The van der Waals surface area contributed by atoms with Gasteiger partial charge in [-0.2, -0.15) is 0 Å². The van der Waals surface area contributed by atoms with Gasteiger partial charge in [0, 0.05) is 37.3 Å². The van der Waals surface area contributed by atoms with Crippen LogP contribution in [0.3, 0.4) is 0 Å². The van der Waals surface area contributed by atoms with Gasteiger partial charge in [0.1, 0.15) is 5.82 Å². The largest absolute Gasteiger partial charge is 0.369 e. The Hall–Kier alpha value is -3.15. The van der Waals surface area contributed by atoms with Crippen LogP contribution in [0.15, 0.2) is 53.3 Å². The van der Waals surface area contributed by atoms with Crippen LogP contribution >= 0.6 is 0 Å². The van der Waals surface area contributed by atoms with Gasteiger partial charge in [-0.05, 0) is 37.1 Å². The second-order valence-corrected chi connectivity index (χ2v) is 8.00. The van der Waals surface area contributed by atoms with E-state index in [1.54, 1.807) is 31.3 Å². The fourth-order valence-corrected chi connectivity index (χ4v) is 4.33. The van der Waals surface area contributed by atoms with Crippen LogP contribution in [0.25, 0.3) is 10.9 Å². The van der Waals surface area contributed by atoms with Crippen molar-refractivity contribution in [2.45, 2.75) is 38.1 Å². The third-order valence-electron chi connectivity index (χ3n) is 6.11. The predicted molar refractivity (Wildman–Crippen MR) is 119 cm³/mol. The number of hydrogen-bond donors (Lipinski definition) is 1. The number of rotatable bonds is 4. The zero-order chi connectivity index (χ0) is 21.3. The van der Waals surface area contributed by atoms with Crippen LogP contribution in [0.4, 0.5) is 15.8 Å². The van der Waals surface area contributed by atoms with E-state index in [0.717, 1.165) is 12.8 Å². The first kappa shape index (κ1) is 20.1. The number of aromatic nitrogens is 1. The molecule has 1 aliphatic rings. The summed E-state index contributed by atoms with van der Waals surface area (Å²) in [5.41, 5.74) is 1.58. The monoisotopic (exact) mass is 407 g/mol. The van der Waals surface area contributed by atoms with E-state index in [4.69, 9.17) is 0 Å². The Morgan fingerprint density at radius 2 is 1.83 bits per heavy atom. The molecule has 0 saturated heterocycles. The molecule has 1 aromatic heterocycles. The Morgan fingerprint density at radius 3 is 2.57 bits per heavy atom. The molecule has 156 valence electrons. The number of aryl methyl sites for hydroxylation is 1. The zero-order valence-electron chi connectivity index (χ0n) is 17.3. The molecule has 0 aliphatic heterocycles. The summed E-state index contributed by atoms with van der Waals surface area (Å²) in [6.07, 6.45) is 5.74. The quantitative estimate of drug-likeness (QED) is 0.682. The van der Waals surface area contributed by atoms with Gasteiger partial charge >= 0.3 is 0 Å². The average molecular weight is 407 g/mol. The molecule has 1 amide bonds. The number of benzene rings is 2. The zero-order valence-corrected chi connectivity index (χ0v) is 17.3. The minimum absolute atomic E-state index is 0.269. The molecule has 0 atom stereocenters. The van der Waals surface area contributed by atoms with Crippen LogP contribution in [-0.2, 0) is 7.05 Å². The lowest BCUT2D eigenvalue weighted by atomic mass is 9.94. The third-order valence-corrected chi connectivity index (χ3v) is 6.11. The summed E-state index contributed by atoms with van der Waals surface area (Å²) in [5, 5.41) is 3.41. The number of pyridine rings is 1. The molecule has 2 aromatic carbocycles. The van der Waals surface area contributed by atoms with Gasteiger partial charge in [-0.25, -0.2) is 4.39 Å². The lowest BCUT2D eigenvalue weighted by molar-refractivity contribution is 0.102. The summed E-state index contributed by atoms with van der Waals surface area (Å²) in [6, 6.07) is 13.7. The Kier molecular flexibility index (Phi) is 5.57. The number of nitrogens with one attached hydrogen (secondary N) is 1. The topological polar surface area (TPSA) is 54.3 Å².